The van der Waals surface area contributed by atoms with Gasteiger partial charge in [0.15, 0.2) is 0 Å². The largest absolute Gasteiger partial charge is 0.268 e. The van der Waals surface area contributed by atoms with Crippen molar-refractivity contribution in [3.05, 3.63) is 114 Å². The molecule has 2 aliphatic heterocycles. The van der Waals surface area contributed by atoms with E-state index in [4.69, 9.17) is 0 Å². The Hall–Kier alpha value is -6.08. The quantitative estimate of drug-likeness (QED) is 0.322. The Kier molecular flexibility index (Phi) is 4.89. The van der Waals surface area contributed by atoms with Crippen LogP contribution >= 0.6 is 0 Å². The lowest BCUT2D eigenvalue weighted by molar-refractivity contribution is 0.0873. The number of nitrogens with zero attached hydrogens (tertiary/aromatic N) is 6. The van der Waals surface area contributed by atoms with Crippen LogP contribution < -0.4 is 9.80 Å². The van der Waals surface area contributed by atoms with Crippen molar-refractivity contribution in [2.45, 2.75) is 0 Å². The van der Waals surface area contributed by atoms with Crippen molar-refractivity contribution in [1.29, 1.82) is 5.26 Å². The number of anilines is 2. The van der Waals surface area contributed by atoms with Crippen LogP contribution in [0.15, 0.2) is 85.7 Å². The zero-order valence-corrected chi connectivity index (χ0v) is 20.4. The number of pyridine rings is 3. The third kappa shape index (κ3) is 3.06. The summed E-state index contributed by atoms with van der Waals surface area (Å²) in [5.74, 6) is -2.69. The van der Waals surface area contributed by atoms with E-state index in [0.29, 0.717) is 16.8 Å². The lowest BCUT2D eigenvalue weighted by Crippen LogP contribution is -2.44. The highest BCUT2D eigenvalue weighted by atomic mass is 16.2. The van der Waals surface area contributed by atoms with Gasteiger partial charge < -0.3 is 0 Å². The van der Waals surface area contributed by atoms with E-state index in [-0.39, 0.29) is 44.3 Å². The number of imide groups is 2. The predicted octanol–water partition coefficient (Wildman–Crippen LogP) is 4.16. The lowest BCUT2D eigenvalue weighted by Gasteiger charge is -2.33. The van der Waals surface area contributed by atoms with E-state index in [9.17, 15) is 24.4 Å². The molecule has 4 amide bonds. The van der Waals surface area contributed by atoms with Gasteiger partial charge in [0, 0.05) is 53.5 Å². The van der Waals surface area contributed by atoms with Crippen LogP contribution in [-0.4, -0.2) is 38.6 Å². The van der Waals surface area contributed by atoms with Gasteiger partial charge >= 0.3 is 0 Å². The zero-order chi connectivity index (χ0) is 27.5. The van der Waals surface area contributed by atoms with Gasteiger partial charge in [0.25, 0.3) is 23.6 Å². The Morgan fingerprint density at radius 3 is 1.52 bits per heavy atom. The number of amides is 4. The first-order valence-electron chi connectivity index (χ1n) is 12.1. The van der Waals surface area contributed by atoms with Crippen molar-refractivity contribution in [2.24, 2.45) is 0 Å². The van der Waals surface area contributed by atoms with Crippen LogP contribution in [0.1, 0.15) is 47.0 Å². The van der Waals surface area contributed by atoms with E-state index in [1.54, 1.807) is 30.6 Å². The first kappa shape index (κ1) is 23.1. The van der Waals surface area contributed by atoms with Gasteiger partial charge in [0.1, 0.15) is 6.07 Å². The summed E-state index contributed by atoms with van der Waals surface area (Å²) in [5.41, 5.74) is 1.67. The van der Waals surface area contributed by atoms with Crippen LogP contribution in [0, 0.1) is 11.3 Å². The van der Waals surface area contributed by atoms with Crippen LogP contribution in [-0.2, 0) is 0 Å². The monoisotopic (exact) mass is 522 g/mol. The maximum Gasteiger partial charge on any atom is 0.267 e. The number of aromatic nitrogens is 3. The molecule has 188 valence electrons. The molecule has 0 radical (unpaired) electrons. The van der Waals surface area contributed by atoms with E-state index in [0.717, 1.165) is 9.80 Å². The molecule has 2 aromatic carbocycles. The highest BCUT2D eigenvalue weighted by molar-refractivity contribution is 6.43. The van der Waals surface area contributed by atoms with Crippen molar-refractivity contribution in [3.8, 4) is 17.2 Å². The smallest absolute Gasteiger partial charge is 0.267 e. The number of carbonyl (C=O) groups is 4. The Labute approximate surface area is 225 Å². The minimum Gasteiger partial charge on any atom is -0.268 e. The molecule has 0 N–H and O–H groups in total. The Morgan fingerprint density at radius 1 is 0.550 bits per heavy atom. The third-order valence-corrected chi connectivity index (χ3v) is 7.06. The highest BCUT2D eigenvalue weighted by Crippen LogP contribution is 2.45. The fraction of sp³-hybridized carbons (Fsp3) is 0. The average molecular weight is 522 g/mol. The molecule has 0 atom stereocenters. The molecule has 7 rings (SSSR count). The van der Waals surface area contributed by atoms with Crippen LogP contribution in [0.2, 0.25) is 0 Å². The standard InChI is InChI=1S/C30H14N6O4/c31-15-17-13-21-25-24-22(28(38)35(29(39)23(17)24)18-3-9-33-10-4-18)14-20(16-1-7-32-8-2-16)26(25)30(40)36(27(21)37)19-5-11-34-12-6-19/h1-14H. The Balaban J connectivity index is 1.63. The number of carbonyl (C=O) groups excluding carboxylic acids is 4. The van der Waals surface area contributed by atoms with Gasteiger partial charge in [0.2, 0.25) is 0 Å². The summed E-state index contributed by atoms with van der Waals surface area (Å²) in [6.45, 7) is 0. The van der Waals surface area contributed by atoms with Crippen LogP contribution in [0.4, 0.5) is 11.4 Å². The molecule has 10 heteroatoms. The van der Waals surface area contributed by atoms with E-state index in [1.165, 1.54) is 55.1 Å². The Bertz CT molecular complexity index is 1990. The highest BCUT2D eigenvalue weighted by Gasteiger charge is 2.43. The molecule has 2 aliphatic rings. The number of rotatable bonds is 3. The minimum absolute atomic E-state index is 0.0387. The molecule has 0 bridgehead atoms. The maximum absolute atomic E-state index is 14.2. The molecule has 0 saturated heterocycles. The van der Waals surface area contributed by atoms with Crippen LogP contribution in [0.3, 0.4) is 0 Å². The van der Waals surface area contributed by atoms with Crippen molar-refractivity contribution in [1.82, 2.24) is 15.0 Å². The van der Waals surface area contributed by atoms with Gasteiger partial charge in [-0.1, -0.05) is 0 Å². The van der Waals surface area contributed by atoms with Gasteiger partial charge in [-0.05, 0) is 59.7 Å². The average Bonchev–Trinajstić information content (AvgIpc) is 3.00. The minimum atomic E-state index is -0.731. The molecule has 0 unspecified atom stereocenters. The zero-order valence-electron chi connectivity index (χ0n) is 20.4. The topological polar surface area (TPSA) is 137 Å². The molecule has 40 heavy (non-hydrogen) atoms. The van der Waals surface area contributed by atoms with Crippen molar-refractivity contribution in [3.63, 3.8) is 0 Å². The fourth-order valence-corrected chi connectivity index (χ4v) is 5.37. The van der Waals surface area contributed by atoms with Gasteiger partial charge in [-0.25, -0.2) is 9.80 Å². The number of nitriles is 1. The number of hydrogen-bond acceptors (Lipinski definition) is 8. The molecule has 0 aliphatic carbocycles. The fourth-order valence-electron chi connectivity index (χ4n) is 5.37. The summed E-state index contributed by atoms with van der Waals surface area (Å²) in [7, 11) is 0. The number of benzene rings is 2. The molecule has 0 spiro atoms. The molecule has 0 fully saturated rings. The second-order valence-corrected chi connectivity index (χ2v) is 9.09. The molecular weight excluding hydrogens is 508 g/mol. The normalized spacial score (nSPS) is 14.1. The third-order valence-electron chi connectivity index (χ3n) is 7.06. The summed E-state index contributed by atoms with van der Waals surface area (Å²) < 4.78 is 0. The molecule has 5 aromatic rings. The van der Waals surface area contributed by atoms with Crippen LogP contribution in [0.25, 0.3) is 21.9 Å². The summed E-state index contributed by atoms with van der Waals surface area (Å²) in [6.07, 6.45) is 8.92. The molecule has 10 nitrogen and oxygen atoms in total. The van der Waals surface area contributed by atoms with E-state index < -0.39 is 23.6 Å². The van der Waals surface area contributed by atoms with Crippen molar-refractivity contribution >= 4 is 45.8 Å². The van der Waals surface area contributed by atoms with Crippen molar-refractivity contribution in [2.75, 3.05) is 9.80 Å². The first-order valence-corrected chi connectivity index (χ1v) is 12.1. The second-order valence-electron chi connectivity index (χ2n) is 9.09. The molecule has 5 heterocycles. The summed E-state index contributed by atoms with van der Waals surface area (Å²) in [6, 6.07) is 14.4. The second kappa shape index (κ2) is 8.47. The molecular formula is C30H14N6O4. The number of hydrogen-bond donors (Lipinski definition) is 0. The van der Waals surface area contributed by atoms with E-state index in [1.807, 2.05) is 6.07 Å². The summed E-state index contributed by atoms with van der Waals surface area (Å²) >= 11 is 0. The van der Waals surface area contributed by atoms with Gasteiger partial charge in [-0.2, -0.15) is 5.26 Å². The van der Waals surface area contributed by atoms with E-state index in [2.05, 4.69) is 15.0 Å². The lowest BCUT2D eigenvalue weighted by atomic mass is 9.80. The molecule has 0 saturated carbocycles. The van der Waals surface area contributed by atoms with Crippen LogP contribution in [0.5, 0.6) is 0 Å². The van der Waals surface area contributed by atoms with Gasteiger partial charge in [-0.15, -0.1) is 0 Å². The first-order chi connectivity index (χ1) is 19.5. The van der Waals surface area contributed by atoms with Gasteiger partial charge in [0.05, 0.1) is 33.6 Å². The van der Waals surface area contributed by atoms with Gasteiger partial charge in [-0.3, -0.25) is 34.1 Å². The SMILES string of the molecule is N#Cc1cc2c3c(c(-c4ccncc4)cc4c3c1C(=O)N(c1ccncc1)C4=O)C(=O)N(c1ccncc1)C2=O. The summed E-state index contributed by atoms with van der Waals surface area (Å²) in [4.78, 5) is 69.9. The predicted molar refractivity (Wildman–Crippen MR) is 143 cm³/mol. The summed E-state index contributed by atoms with van der Waals surface area (Å²) in [5, 5.41) is 10.4. The van der Waals surface area contributed by atoms with E-state index >= 15 is 0 Å². The maximum atomic E-state index is 14.2. The molecule has 3 aromatic heterocycles. The Morgan fingerprint density at radius 2 is 1.00 bits per heavy atom. The van der Waals surface area contributed by atoms with Crippen molar-refractivity contribution < 1.29 is 19.2 Å².